The standard InChI is InChI=1S/C16H19NO4/c1-2-21-12-6-3-10(4-7-12)15(18)17-11-5-8-14(17)13(9-11)16(19)20/h3-4,6-7,11,13-14H,2,5,8-9H2,1H3,(H,19,20). The van der Waals surface area contributed by atoms with Gasteiger partial charge in [0.2, 0.25) is 0 Å². The van der Waals surface area contributed by atoms with E-state index in [1.165, 1.54) is 0 Å². The Balaban J connectivity index is 1.78. The maximum Gasteiger partial charge on any atom is 0.308 e. The molecule has 5 heteroatoms. The van der Waals surface area contributed by atoms with Crippen molar-refractivity contribution in [3.05, 3.63) is 29.8 Å². The molecular formula is C16H19NO4. The highest BCUT2D eigenvalue weighted by Crippen LogP contribution is 2.42. The average molecular weight is 289 g/mol. The van der Waals surface area contributed by atoms with Crippen molar-refractivity contribution in [2.45, 2.75) is 38.3 Å². The van der Waals surface area contributed by atoms with Crippen molar-refractivity contribution in [3.8, 4) is 5.75 Å². The van der Waals surface area contributed by atoms with Crippen molar-refractivity contribution in [1.29, 1.82) is 0 Å². The third kappa shape index (κ3) is 2.37. The Morgan fingerprint density at radius 1 is 1.29 bits per heavy atom. The molecule has 2 fully saturated rings. The summed E-state index contributed by atoms with van der Waals surface area (Å²) < 4.78 is 5.37. The summed E-state index contributed by atoms with van der Waals surface area (Å²) in [5.74, 6) is -0.516. The number of carboxylic acid groups (broad SMARTS) is 1. The van der Waals surface area contributed by atoms with Gasteiger partial charge >= 0.3 is 5.97 Å². The summed E-state index contributed by atoms with van der Waals surface area (Å²) >= 11 is 0. The van der Waals surface area contributed by atoms with Crippen molar-refractivity contribution in [2.75, 3.05) is 6.61 Å². The quantitative estimate of drug-likeness (QED) is 0.922. The number of hydrogen-bond acceptors (Lipinski definition) is 3. The lowest BCUT2D eigenvalue weighted by molar-refractivity contribution is -0.142. The van der Waals surface area contributed by atoms with Gasteiger partial charge < -0.3 is 14.7 Å². The van der Waals surface area contributed by atoms with Gasteiger partial charge in [0.15, 0.2) is 0 Å². The zero-order valence-corrected chi connectivity index (χ0v) is 12.0. The maximum atomic E-state index is 12.6. The summed E-state index contributed by atoms with van der Waals surface area (Å²) in [5.41, 5.74) is 0.599. The van der Waals surface area contributed by atoms with Crippen LogP contribution in [0.2, 0.25) is 0 Å². The van der Waals surface area contributed by atoms with E-state index in [2.05, 4.69) is 0 Å². The number of rotatable bonds is 4. The second-order valence-corrected chi connectivity index (χ2v) is 5.65. The molecule has 3 rings (SSSR count). The molecule has 0 spiro atoms. The molecule has 2 aliphatic rings. The molecule has 2 aliphatic heterocycles. The van der Waals surface area contributed by atoms with Crippen LogP contribution in [0.15, 0.2) is 24.3 Å². The van der Waals surface area contributed by atoms with Crippen LogP contribution in [0.25, 0.3) is 0 Å². The molecule has 1 aromatic carbocycles. The van der Waals surface area contributed by atoms with Crippen LogP contribution in [0.3, 0.4) is 0 Å². The monoisotopic (exact) mass is 289 g/mol. The van der Waals surface area contributed by atoms with E-state index in [-0.39, 0.29) is 18.0 Å². The number of amides is 1. The molecule has 1 amide bonds. The van der Waals surface area contributed by atoms with E-state index in [4.69, 9.17) is 4.74 Å². The second-order valence-electron chi connectivity index (χ2n) is 5.65. The topological polar surface area (TPSA) is 66.8 Å². The zero-order chi connectivity index (χ0) is 15.0. The lowest BCUT2D eigenvalue weighted by Crippen LogP contribution is -2.37. The molecule has 3 atom stereocenters. The molecule has 0 saturated carbocycles. The molecule has 0 aromatic heterocycles. The van der Waals surface area contributed by atoms with Crippen LogP contribution in [0.4, 0.5) is 0 Å². The second kappa shape index (κ2) is 5.39. The molecule has 1 aromatic rings. The number of aliphatic carboxylic acids is 1. The Bertz CT molecular complexity index is 554. The molecule has 112 valence electrons. The first-order chi connectivity index (χ1) is 10.1. The highest BCUT2D eigenvalue weighted by atomic mass is 16.5. The molecule has 5 nitrogen and oxygen atoms in total. The van der Waals surface area contributed by atoms with Crippen molar-refractivity contribution >= 4 is 11.9 Å². The molecule has 0 aliphatic carbocycles. The Morgan fingerprint density at radius 3 is 2.57 bits per heavy atom. The van der Waals surface area contributed by atoms with E-state index in [0.717, 1.165) is 18.6 Å². The highest BCUT2D eigenvalue weighted by molar-refractivity contribution is 5.95. The first-order valence-electron chi connectivity index (χ1n) is 7.40. The molecule has 3 unspecified atom stereocenters. The predicted octanol–water partition coefficient (Wildman–Crippen LogP) is 2.16. The number of carbonyl (C=O) groups excluding carboxylic acids is 1. The maximum absolute atomic E-state index is 12.6. The number of carboxylic acids is 1. The minimum atomic E-state index is -0.785. The fourth-order valence-corrected chi connectivity index (χ4v) is 3.58. The van der Waals surface area contributed by atoms with Crippen molar-refractivity contribution < 1.29 is 19.4 Å². The highest BCUT2D eigenvalue weighted by Gasteiger charge is 2.51. The lowest BCUT2D eigenvalue weighted by atomic mass is 9.89. The van der Waals surface area contributed by atoms with Gasteiger partial charge in [0.05, 0.1) is 12.5 Å². The molecule has 0 radical (unpaired) electrons. The molecule has 2 saturated heterocycles. The van der Waals surface area contributed by atoms with Gasteiger partial charge in [-0.25, -0.2) is 0 Å². The normalized spacial score (nSPS) is 26.9. The van der Waals surface area contributed by atoms with Gasteiger partial charge in [0, 0.05) is 17.6 Å². The molecule has 1 N–H and O–H groups in total. The van der Waals surface area contributed by atoms with Crippen molar-refractivity contribution in [1.82, 2.24) is 4.90 Å². The van der Waals surface area contributed by atoms with Crippen LogP contribution in [-0.2, 0) is 4.79 Å². The molecule has 21 heavy (non-hydrogen) atoms. The zero-order valence-electron chi connectivity index (χ0n) is 12.0. The van der Waals surface area contributed by atoms with E-state index in [9.17, 15) is 14.7 Å². The number of benzene rings is 1. The minimum absolute atomic E-state index is 0.0608. The summed E-state index contributed by atoms with van der Waals surface area (Å²) in [6, 6.07) is 7.00. The minimum Gasteiger partial charge on any atom is -0.494 e. The van der Waals surface area contributed by atoms with Gasteiger partial charge in [0.1, 0.15) is 5.75 Å². The van der Waals surface area contributed by atoms with Crippen LogP contribution in [0.5, 0.6) is 5.75 Å². The first kappa shape index (κ1) is 13.9. The van der Waals surface area contributed by atoms with Crippen LogP contribution in [0.1, 0.15) is 36.5 Å². The van der Waals surface area contributed by atoms with Crippen LogP contribution in [-0.4, -0.2) is 40.6 Å². The largest absolute Gasteiger partial charge is 0.494 e. The Labute approximate surface area is 123 Å². The number of ether oxygens (including phenoxy) is 1. The number of hydrogen-bond donors (Lipinski definition) is 1. The van der Waals surface area contributed by atoms with E-state index in [1.807, 2.05) is 6.92 Å². The SMILES string of the molecule is CCOc1ccc(C(=O)N2C3CCC2C(C(=O)O)C3)cc1. The van der Waals surface area contributed by atoms with Gasteiger partial charge in [-0.3, -0.25) is 9.59 Å². The summed E-state index contributed by atoms with van der Waals surface area (Å²) in [6.45, 7) is 2.50. The summed E-state index contributed by atoms with van der Waals surface area (Å²) in [6.07, 6.45) is 2.30. The number of fused-ring (bicyclic) bond motifs is 2. The van der Waals surface area contributed by atoms with Gasteiger partial charge in [-0.05, 0) is 50.5 Å². The van der Waals surface area contributed by atoms with Crippen LogP contribution in [0, 0.1) is 5.92 Å². The van der Waals surface area contributed by atoms with Gasteiger partial charge in [0.25, 0.3) is 5.91 Å². The number of carbonyl (C=O) groups is 2. The summed E-state index contributed by atoms with van der Waals surface area (Å²) in [4.78, 5) is 25.7. The third-order valence-electron chi connectivity index (χ3n) is 4.50. The fraction of sp³-hybridized carbons (Fsp3) is 0.500. The van der Waals surface area contributed by atoms with E-state index < -0.39 is 11.9 Å². The van der Waals surface area contributed by atoms with Gasteiger partial charge in [-0.2, -0.15) is 0 Å². The van der Waals surface area contributed by atoms with E-state index in [0.29, 0.717) is 18.6 Å². The van der Waals surface area contributed by atoms with Gasteiger partial charge in [-0.15, -0.1) is 0 Å². The molecular weight excluding hydrogens is 270 g/mol. The van der Waals surface area contributed by atoms with Crippen LogP contribution < -0.4 is 4.74 Å². The molecule has 2 bridgehead atoms. The van der Waals surface area contributed by atoms with Crippen LogP contribution >= 0.6 is 0 Å². The summed E-state index contributed by atoms with van der Waals surface area (Å²) in [5, 5.41) is 9.25. The number of nitrogens with zero attached hydrogens (tertiary/aromatic N) is 1. The smallest absolute Gasteiger partial charge is 0.308 e. The fourth-order valence-electron chi connectivity index (χ4n) is 3.58. The average Bonchev–Trinajstić information content (AvgIpc) is 3.05. The third-order valence-corrected chi connectivity index (χ3v) is 4.50. The molecule has 2 heterocycles. The first-order valence-corrected chi connectivity index (χ1v) is 7.40. The van der Waals surface area contributed by atoms with E-state index in [1.54, 1.807) is 29.2 Å². The van der Waals surface area contributed by atoms with Crippen molar-refractivity contribution in [2.24, 2.45) is 5.92 Å². The van der Waals surface area contributed by atoms with Gasteiger partial charge in [-0.1, -0.05) is 0 Å². The Hall–Kier alpha value is -2.04. The lowest BCUT2D eigenvalue weighted by Gasteiger charge is -2.23. The Kier molecular flexibility index (Phi) is 3.57. The van der Waals surface area contributed by atoms with Crippen molar-refractivity contribution in [3.63, 3.8) is 0 Å². The summed E-state index contributed by atoms with van der Waals surface area (Å²) in [7, 11) is 0. The predicted molar refractivity (Wildman–Crippen MR) is 76.3 cm³/mol. The van der Waals surface area contributed by atoms with E-state index >= 15 is 0 Å². The Morgan fingerprint density at radius 2 is 2.00 bits per heavy atom.